The van der Waals surface area contributed by atoms with E-state index < -0.39 is 0 Å². The van der Waals surface area contributed by atoms with Crippen LogP contribution in [0.3, 0.4) is 0 Å². The van der Waals surface area contributed by atoms with Gasteiger partial charge in [0, 0.05) is 0 Å². The molecule has 0 saturated heterocycles. The first-order chi connectivity index (χ1) is 22.3. The van der Waals surface area contributed by atoms with Gasteiger partial charge in [-0.1, -0.05) is 152 Å². The van der Waals surface area contributed by atoms with Crippen molar-refractivity contribution in [2.24, 2.45) is 0 Å². The number of fused-ring (bicyclic) bond motifs is 4. The summed E-state index contributed by atoms with van der Waals surface area (Å²) in [6.45, 7) is 0. The van der Waals surface area contributed by atoms with Crippen molar-refractivity contribution >= 4 is 43.1 Å². The number of rotatable bonds is 3. The van der Waals surface area contributed by atoms with Crippen LogP contribution in [0.15, 0.2) is 158 Å². The van der Waals surface area contributed by atoms with E-state index in [1.165, 1.54) is 98.7 Å². The molecule has 1 aliphatic rings. The Bertz CT molecular complexity index is 2600. The van der Waals surface area contributed by atoms with Crippen LogP contribution in [-0.4, -0.2) is 0 Å². The monoisotopic (exact) mass is 568 g/mol. The minimum atomic E-state index is 1.000. The van der Waals surface area contributed by atoms with E-state index in [4.69, 9.17) is 0 Å². The maximum Gasteiger partial charge on any atom is -0.000729 e. The first-order valence-electron chi connectivity index (χ1n) is 15.8. The Kier molecular flexibility index (Phi) is 5.15. The van der Waals surface area contributed by atoms with Gasteiger partial charge in [0.2, 0.25) is 0 Å². The molecule has 0 aromatic heterocycles. The van der Waals surface area contributed by atoms with E-state index in [9.17, 15) is 0 Å². The predicted octanol–water partition coefficient (Wildman–Crippen LogP) is 12.3. The highest BCUT2D eigenvalue weighted by atomic mass is 14.2. The molecule has 0 radical (unpaired) electrons. The summed E-state index contributed by atoms with van der Waals surface area (Å²) in [6, 6.07) is 58.7. The molecule has 0 saturated carbocycles. The van der Waals surface area contributed by atoms with Gasteiger partial charge in [-0.05, 0) is 111 Å². The Labute approximate surface area is 262 Å². The van der Waals surface area contributed by atoms with Crippen LogP contribution in [0.25, 0.3) is 87.6 Å². The zero-order valence-electron chi connectivity index (χ0n) is 24.7. The average molecular weight is 569 g/mol. The van der Waals surface area contributed by atoms with Crippen molar-refractivity contribution in [1.29, 1.82) is 0 Å². The SMILES string of the molecule is c1ccc2c(c1)Cc1c(-c3ccc(-c4ccc5ccc6c(-c7ccc8ccccc8c7)ccc7ccc4c5c76)cc3)cccc1-2. The topological polar surface area (TPSA) is 0 Å². The van der Waals surface area contributed by atoms with Crippen molar-refractivity contribution in [3.05, 3.63) is 169 Å². The third-order valence-electron chi connectivity index (χ3n) is 10.1. The molecule has 0 amide bonds. The largest absolute Gasteiger partial charge is 0.0619 e. The molecular formula is C45H28. The fourth-order valence-electron chi connectivity index (χ4n) is 7.92. The first kappa shape index (κ1) is 24.7. The molecule has 0 unspecified atom stereocenters. The summed E-state index contributed by atoms with van der Waals surface area (Å²) in [4.78, 5) is 0. The summed E-state index contributed by atoms with van der Waals surface area (Å²) in [5.74, 6) is 0. The van der Waals surface area contributed by atoms with Crippen molar-refractivity contribution in [1.82, 2.24) is 0 Å². The molecule has 0 heteroatoms. The highest BCUT2D eigenvalue weighted by molar-refractivity contribution is 6.27. The second-order valence-corrected chi connectivity index (χ2v) is 12.5. The van der Waals surface area contributed by atoms with Gasteiger partial charge in [0.05, 0.1) is 0 Å². The van der Waals surface area contributed by atoms with Crippen molar-refractivity contribution < 1.29 is 0 Å². The lowest BCUT2D eigenvalue weighted by molar-refractivity contribution is 1.26. The smallest absolute Gasteiger partial charge is 0.000729 e. The van der Waals surface area contributed by atoms with Crippen molar-refractivity contribution in [2.45, 2.75) is 6.42 Å². The quantitative estimate of drug-likeness (QED) is 0.186. The number of benzene rings is 9. The van der Waals surface area contributed by atoms with Gasteiger partial charge in [0.25, 0.3) is 0 Å². The molecule has 9 aromatic carbocycles. The van der Waals surface area contributed by atoms with E-state index in [2.05, 4.69) is 158 Å². The molecule has 45 heavy (non-hydrogen) atoms. The highest BCUT2D eigenvalue weighted by Crippen LogP contribution is 2.44. The molecule has 0 aliphatic heterocycles. The van der Waals surface area contributed by atoms with Crippen LogP contribution in [0, 0.1) is 0 Å². The van der Waals surface area contributed by atoms with Crippen LogP contribution in [0.1, 0.15) is 11.1 Å². The fourth-order valence-corrected chi connectivity index (χ4v) is 7.92. The molecule has 0 heterocycles. The molecule has 0 fully saturated rings. The summed E-state index contributed by atoms with van der Waals surface area (Å²) in [5, 5.41) is 10.5. The second-order valence-electron chi connectivity index (χ2n) is 12.5. The molecule has 10 rings (SSSR count). The predicted molar refractivity (Wildman–Crippen MR) is 192 cm³/mol. The minimum absolute atomic E-state index is 1.000. The van der Waals surface area contributed by atoms with Gasteiger partial charge in [-0.25, -0.2) is 0 Å². The molecule has 0 bridgehead atoms. The van der Waals surface area contributed by atoms with E-state index in [1.54, 1.807) is 0 Å². The molecule has 0 atom stereocenters. The number of hydrogen-bond acceptors (Lipinski definition) is 0. The first-order valence-corrected chi connectivity index (χ1v) is 15.8. The lowest BCUT2D eigenvalue weighted by atomic mass is 9.86. The molecule has 0 N–H and O–H groups in total. The molecular weight excluding hydrogens is 540 g/mol. The van der Waals surface area contributed by atoms with Crippen LogP contribution >= 0.6 is 0 Å². The lowest BCUT2D eigenvalue weighted by Gasteiger charge is -2.17. The fraction of sp³-hybridized carbons (Fsp3) is 0.0222. The Morgan fingerprint density at radius 3 is 1.60 bits per heavy atom. The average Bonchev–Trinajstić information content (AvgIpc) is 3.49. The van der Waals surface area contributed by atoms with Gasteiger partial charge < -0.3 is 0 Å². The van der Waals surface area contributed by atoms with Gasteiger partial charge >= 0.3 is 0 Å². The standard InChI is InChI=1S/C45H28/c1-2-7-33-26-35(17-12-28(33)6-1)39-23-19-32-20-24-41-38(22-18-31-21-25-42(39)45(32)44(31)41)30-15-13-29(14-16-30)36-10-5-11-40-37-9-4-3-8-34(37)27-43(36)40/h1-26H,27H2. The van der Waals surface area contributed by atoms with E-state index in [1.807, 2.05) is 0 Å². The van der Waals surface area contributed by atoms with Crippen LogP contribution in [0.5, 0.6) is 0 Å². The van der Waals surface area contributed by atoms with Gasteiger partial charge in [-0.3, -0.25) is 0 Å². The normalized spacial score (nSPS) is 12.4. The van der Waals surface area contributed by atoms with E-state index in [0.717, 1.165) is 6.42 Å². The highest BCUT2D eigenvalue weighted by Gasteiger charge is 2.21. The zero-order valence-corrected chi connectivity index (χ0v) is 24.7. The van der Waals surface area contributed by atoms with Crippen molar-refractivity contribution in [3.63, 3.8) is 0 Å². The summed E-state index contributed by atoms with van der Waals surface area (Å²) in [6.07, 6.45) is 1.000. The summed E-state index contributed by atoms with van der Waals surface area (Å²) in [5.41, 5.74) is 13.3. The van der Waals surface area contributed by atoms with Crippen molar-refractivity contribution in [3.8, 4) is 44.5 Å². The summed E-state index contributed by atoms with van der Waals surface area (Å²) >= 11 is 0. The van der Waals surface area contributed by atoms with Crippen LogP contribution in [-0.2, 0) is 6.42 Å². The maximum atomic E-state index is 2.33. The maximum absolute atomic E-state index is 2.33. The minimum Gasteiger partial charge on any atom is -0.0619 e. The lowest BCUT2D eigenvalue weighted by Crippen LogP contribution is -1.90. The Morgan fingerprint density at radius 1 is 0.311 bits per heavy atom. The van der Waals surface area contributed by atoms with Crippen LogP contribution in [0.4, 0.5) is 0 Å². The van der Waals surface area contributed by atoms with E-state index in [-0.39, 0.29) is 0 Å². The summed E-state index contributed by atoms with van der Waals surface area (Å²) in [7, 11) is 0. The third kappa shape index (κ3) is 3.66. The van der Waals surface area contributed by atoms with Gasteiger partial charge in [-0.2, -0.15) is 0 Å². The van der Waals surface area contributed by atoms with Crippen LogP contribution < -0.4 is 0 Å². The summed E-state index contributed by atoms with van der Waals surface area (Å²) < 4.78 is 0. The van der Waals surface area contributed by atoms with E-state index in [0.29, 0.717) is 0 Å². The molecule has 1 aliphatic carbocycles. The molecule has 0 spiro atoms. The third-order valence-corrected chi connectivity index (χ3v) is 10.1. The van der Waals surface area contributed by atoms with Crippen LogP contribution in [0.2, 0.25) is 0 Å². The second kappa shape index (κ2) is 9.39. The zero-order chi connectivity index (χ0) is 29.5. The number of hydrogen-bond donors (Lipinski definition) is 0. The Morgan fingerprint density at radius 2 is 0.844 bits per heavy atom. The van der Waals surface area contributed by atoms with Crippen molar-refractivity contribution in [2.75, 3.05) is 0 Å². The van der Waals surface area contributed by atoms with Gasteiger partial charge in [0.1, 0.15) is 0 Å². The molecule has 0 nitrogen and oxygen atoms in total. The molecule has 208 valence electrons. The Hall–Kier alpha value is -5.72. The molecule has 9 aromatic rings. The Balaban J connectivity index is 1.10. The van der Waals surface area contributed by atoms with E-state index >= 15 is 0 Å². The van der Waals surface area contributed by atoms with Gasteiger partial charge in [-0.15, -0.1) is 0 Å². The van der Waals surface area contributed by atoms with Gasteiger partial charge in [0.15, 0.2) is 0 Å².